The highest BCUT2D eigenvalue weighted by atomic mass is 16.5. The summed E-state index contributed by atoms with van der Waals surface area (Å²) in [5, 5.41) is 0. The number of rotatable bonds is 5. The smallest absolute Gasteiger partial charge is 0.123 e. The molecule has 0 spiro atoms. The van der Waals surface area contributed by atoms with Crippen molar-refractivity contribution in [3.8, 4) is 5.75 Å². The molecule has 98 valence electrons. The fourth-order valence-electron chi connectivity index (χ4n) is 2.14. The summed E-state index contributed by atoms with van der Waals surface area (Å²) in [5.74, 6) is 2.37. The predicted molar refractivity (Wildman–Crippen MR) is 73.6 cm³/mol. The van der Waals surface area contributed by atoms with E-state index < -0.39 is 0 Å². The van der Waals surface area contributed by atoms with E-state index in [1.807, 2.05) is 19.1 Å². The molecule has 18 heavy (non-hydrogen) atoms. The topological polar surface area (TPSA) is 53.1 Å². The highest BCUT2D eigenvalue weighted by molar-refractivity contribution is 5.77. The molecule has 0 saturated carbocycles. The Kier molecular flexibility index (Phi) is 3.87. The monoisotopic (exact) mass is 247 g/mol. The number of imidazole rings is 1. The number of ether oxygens (including phenoxy) is 1. The van der Waals surface area contributed by atoms with E-state index in [4.69, 9.17) is 10.5 Å². The Morgan fingerprint density at radius 3 is 2.78 bits per heavy atom. The maximum absolute atomic E-state index is 5.77. The van der Waals surface area contributed by atoms with Crippen molar-refractivity contribution in [1.29, 1.82) is 0 Å². The second-order valence-electron chi connectivity index (χ2n) is 4.82. The summed E-state index contributed by atoms with van der Waals surface area (Å²) in [5.41, 5.74) is 7.86. The molecular weight excluding hydrogens is 226 g/mol. The van der Waals surface area contributed by atoms with Crippen LogP contribution in [-0.4, -0.2) is 16.2 Å². The van der Waals surface area contributed by atoms with E-state index in [2.05, 4.69) is 29.5 Å². The van der Waals surface area contributed by atoms with E-state index in [1.54, 1.807) is 0 Å². The van der Waals surface area contributed by atoms with Crippen molar-refractivity contribution in [1.82, 2.24) is 9.55 Å². The molecule has 0 atom stereocenters. The van der Waals surface area contributed by atoms with Crippen molar-refractivity contribution in [2.45, 2.75) is 33.9 Å². The quantitative estimate of drug-likeness (QED) is 0.883. The third-order valence-electron chi connectivity index (χ3n) is 2.84. The standard InChI is InChI=1S/C14H21N3O/c1-4-18-11-5-6-13-12(7-11)16-14(8-15)17(13)9-10(2)3/h5-7,10H,4,8-9,15H2,1-3H3. The van der Waals surface area contributed by atoms with Crippen LogP contribution in [0.25, 0.3) is 11.0 Å². The van der Waals surface area contributed by atoms with E-state index >= 15 is 0 Å². The molecule has 0 bridgehead atoms. The molecule has 0 unspecified atom stereocenters. The molecule has 1 heterocycles. The van der Waals surface area contributed by atoms with Crippen LogP contribution in [0.1, 0.15) is 26.6 Å². The Labute approximate surface area is 108 Å². The van der Waals surface area contributed by atoms with E-state index in [1.165, 1.54) is 0 Å². The summed E-state index contributed by atoms with van der Waals surface area (Å²) in [6.07, 6.45) is 0. The van der Waals surface area contributed by atoms with Crippen molar-refractivity contribution in [3.63, 3.8) is 0 Å². The van der Waals surface area contributed by atoms with Gasteiger partial charge in [0, 0.05) is 12.6 Å². The van der Waals surface area contributed by atoms with Crippen molar-refractivity contribution >= 4 is 11.0 Å². The van der Waals surface area contributed by atoms with Gasteiger partial charge < -0.3 is 15.0 Å². The Bertz CT molecular complexity index is 531. The summed E-state index contributed by atoms with van der Waals surface area (Å²) in [7, 11) is 0. The zero-order chi connectivity index (χ0) is 13.1. The van der Waals surface area contributed by atoms with Crippen molar-refractivity contribution in [3.05, 3.63) is 24.0 Å². The van der Waals surface area contributed by atoms with Crippen LogP contribution in [0.2, 0.25) is 0 Å². The van der Waals surface area contributed by atoms with Gasteiger partial charge in [-0.25, -0.2) is 4.98 Å². The van der Waals surface area contributed by atoms with Gasteiger partial charge in [-0.3, -0.25) is 0 Å². The third kappa shape index (κ3) is 2.48. The van der Waals surface area contributed by atoms with Gasteiger partial charge in [0.05, 0.1) is 24.2 Å². The van der Waals surface area contributed by atoms with Crippen LogP contribution in [-0.2, 0) is 13.1 Å². The molecule has 0 aliphatic rings. The zero-order valence-electron chi connectivity index (χ0n) is 11.3. The lowest BCUT2D eigenvalue weighted by molar-refractivity contribution is 0.340. The first kappa shape index (κ1) is 12.9. The Hall–Kier alpha value is -1.55. The van der Waals surface area contributed by atoms with Crippen LogP contribution in [0.5, 0.6) is 5.75 Å². The summed E-state index contributed by atoms with van der Waals surface area (Å²) in [6.45, 7) is 8.44. The van der Waals surface area contributed by atoms with E-state index in [9.17, 15) is 0 Å². The minimum Gasteiger partial charge on any atom is -0.494 e. The molecule has 4 heteroatoms. The summed E-state index contributed by atoms with van der Waals surface area (Å²) in [6, 6.07) is 6.04. The maximum atomic E-state index is 5.77. The average Bonchev–Trinajstić information content (AvgIpc) is 2.66. The van der Waals surface area contributed by atoms with Gasteiger partial charge in [0.1, 0.15) is 11.6 Å². The first-order chi connectivity index (χ1) is 8.65. The molecule has 0 aliphatic carbocycles. The first-order valence-corrected chi connectivity index (χ1v) is 6.47. The van der Waals surface area contributed by atoms with Crippen LogP contribution >= 0.6 is 0 Å². The summed E-state index contributed by atoms with van der Waals surface area (Å²) < 4.78 is 7.70. The highest BCUT2D eigenvalue weighted by Crippen LogP contribution is 2.23. The molecule has 2 rings (SSSR count). The minimum absolute atomic E-state index is 0.464. The average molecular weight is 247 g/mol. The predicted octanol–water partition coefficient (Wildman–Crippen LogP) is 2.55. The van der Waals surface area contributed by atoms with Crippen LogP contribution in [0, 0.1) is 5.92 Å². The Morgan fingerprint density at radius 1 is 1.39 bits per heavy atom. The number of hydrogen-bond acceptors (Lipinski definition) is 3. The molecule has 1 aromatic heterocycles. The van der Waals surface area contributed by atoms with E-state index in [0.717, 1.165) is 29.2 Å². The maximum Gasteiger partial charge on any atom is 0.123 e. The van der Waals surface area contributed by atoms with Gasteiger partial charge in [-0.2, -0.15) is 0 Å². The van der Waals surface area contributed by atoms with Crippen LogP contribution < -0.4 is 10.5 Å². The number of nitrogens with zero attached hydrogens (tertiary/aromatic N) is 2. The van der Waals surface area contributed by atoms with E-state index in [0.29, 0.717) is 19.1 Å². The van der Waals surface area contributed by atoms with Crippen LogP contribution in [0.4, 0.5) is 0 Å². The van der Waals surface area contributed by atoms with Gasteiger partial charge in [-0.05, 0) is 25.0 Å². The van der Waals surface area contributed by atoms with Gasteiger partial charge in [0.15, 0.2) is 0 Å². The Morgan fingerprint density at radius 2 is 2.17 bits per heavy atom. The number of nitrogens with two attached hydrogens (primary N) is 1. The van der Waals surface area contributed by atoms with Crippen molar-refractivity contribution in [2.24, 2.45) is 11.7 Å². The number of benzene rings is 1. The van der Waals surface area contributed by atoms with Gasteiger partial charge in [-0.15, -0.1) is 0 Å². The zero-order valence-corrected chi connectivity index (χ0v) is 11.3. The molecule has 0 saturated heterocycles. The molecule has 0 fully saturated rings. The lowest BCUT2D eigenvalue weighted by atomic mass is 10.2. The largest absolute Gasteiger partial charge is 0.494 e. The second-order valence-corrected chi connectivity index (χ2v) is 4.82. The number of fused-ring (bicyclic) bond motifs is 1. The van der Waals surface area contributed by atoms with Crippen LogP contribution in [0.3, 0.4) is 0 Å². The minimum atomic E-state index is 0.464. The molecule has 2 aromatic rings. The number of hydrogen-bond donors (Lipinski definition) is 1. The Balaban J connectivity index is 2.48. The highest BCUT2D eigenvalue weighted by Gasteiger charge is 2.11. The molecule has 0 aliphatic heterocycles. The molecular formula is C14H21N3O. The molecule has 1 aromatic carbocycles. The van der Waals surface area contributed by atoms with Gasteiger partial charge in [0.2, 0.25) is 0 Å². The fourth-order valence-corrected chi connectivity index (χ4v) is 2.14. The van der Waals surface area contributed by atoms with Gasteiger partial charge in [0.25, 0.3) is 0 Å². The third-order valence-corrected chi connectivity index (χ3v) is 2.84. The molecule has 0 amide bonds. The van der Waals surface area contributed by atoms with Gasteiger partial charge >= 0.3 is 0 Å². The fraction of sp³-hybridized carbons (Fsp3) is 0.500. The van der Waals surface area contributed by atoms with Gasteiger partial charge in [-0.1, -0.05) is 13.8 Å². The SMILES string of the molecule is CCOc1ccc2c(c1)nc(CN)n2CC(C)C. The van der Waals surface area contributed by atoms with Crippen molar-refractivity contribution < 1.29 is 4.74 Å². The molecule has 4 nitrogen and oxygen atoms in total. The summed E-state index contributed by atoms with van der Waals surface area (Å²) >= 11 is 0. The second kappa shape index (κ2) is 5.40. The van der Waals surface area contributed by atoms with Crippen molar-refractivity contribution in [2.75, 3.05) is 6.61 Å². The normalized spacial score (nSPS) is 11.4. The van der Waals surface area contributed by atoms with Crippen LogP contribution in [0.15, 0.2) is 18.2 Å². The lowest BCUT2D eigenvalue weighted by Gasteiger charge is -2.10. The number of aromatic nitrogens is 2. The van der Waals surface area contributed by atoms with E-state index in [-0.39, 0.29) is 0 Å². The summed E-state index contributed by atoms with van der Waals surface area (Å²) in [4.78, 5) is 4.59. The molecule has 2 N–H and O–H groups in total. The first-order valence-electron chi connectivity index (χ1n) is 6.47. The lowest BCUT2D eigenvalue weighted by Crippen LogP contribution is -2.11. The molecule has 0 radical (unpaired) electrons.